The molecule has 0 aliphatic rings. The SMILES string of the molecule is COc1cccc([C@@H](C)NC(=O)c2cc(C(=O)N[C@@H](Cc3ccccc3)[C@H](O)CN[C@H](C)c3ccc(C)cc3)cc(N(C)S(C)(=O)=O)c2)c1. The largest absolute Gasteiger partial charge is 0.497 e. The third kappa shape index (κ3) is 10.4. The third-order valence-corrected chi connectivity index (χ3v) is 9.74. The molecule has 4 aromatic rings. The van der Waals surface area contributed by atoms with Crippen molar-refractivity contribution in [1.82, 2.24) is 16.0 Å². The van der Waals surface area contributed by atoms with Crippen LogP contribution in [-0.4, -0.2) is 64.4 Å². The van der Waals surface area contributed by atoms with Gasteiger partial charge in [0, 0.05) is 30.8 Å². The van der Waals surface area contributed by atoms with E-state index < -0.39 is 40.0 Å². The number of ether oxygens (including phenoxy) is 1. The van der Waals surface area contributed by atoms with Crippen LogP contribution in [0.5, 0.6) is 5.75 Å². The predicted molar refractivity (Wildman–Crippen MR) is 194 cm³/mol. The van der Waals surface area contributed by atoms with E-state index >= 15 is 0 Å². The van der Waals surface area contributed by atoms with Gasteiger partial charge in [0.25, 0.3) is 11.8 Å². The maximum Gasteiger partial charge on any atom is 0.251 e. The highest BCUT2D eigenvalue weighted by atomic mass is 32.2. The van der Waals surface area contributed by atoms with Crippen molar-refractivity contribution in [2.45, 2.75) is 51.4 Å². The van der Waals surface area contributed by atoms with Crippen LogP contribution in [0.3, 0.4) is 0 Å². The average Bonchev–Trinajstić information content (AvgIpc) is 3.09. The molecule has 0 radical (unpaired) electrons. The summed E-state index contributed by atoms with van der Waals surface area (Å²) in [6, 6.07) is 28.0. The number of methoxy groups -OCH3 is 1. The number of rotatable bonds is 15. The van der Waals surface area contributed by atoms with Gasteiger partial charge in [0.1, 0.15) is 5.75 Å². The monoisotopic (exact) mass is 686 g/mol. The van der Waals surface area contributed by atoms with Crippen molar-refractivity contribution in [1.29, 1.82) is 0 Å². The molecular weight excluding hydrogens is 641 g/mol. The Morgan fingerprint density at radius 2 is 1.45 bits per heavy atom. The molecule has 0 bridgehead atoms. The molecule has 4 aromatic carbocycles. The minimum absolute atomic E-state index is 0.0491. The van der Waals surface area contributed by atoms with Gasteiger partial charge in [-0.1, -0.05) is 72.3 Å². The van der Waals surface area contributed by atoms with E-state index in [-0.39, 0.29) is 29.4 Å². The van der Waals surface area contributed by atoms with Crippen molar-refractivity contribution in [3.8, 4) is 5.75 Å². The molecule has 0 heterocycles. The quantitative estimate of drug-likeness (QED) is 0.139. The van der Waals surface area contributed by atoms with Crippen molar-refractivity contribution >= 4 is 27.5 Å². The molecule has 0 fully saturated rings. The highest BCUT2D eigenvalue weighted by molar-refractivity contribution is 7.92. The summed E-state index contributed by atoms with van der Waals surface area (Å²) in [5, 5.41) is 20.7. The average molecular weight is 687 g/mol. The Kier molecular flexibility index (Phi) is 12.6. The number of carbonyl (C=O) groups is 2. The number of hydrogen-bond acceptors (Lipinski definition) is 7. The van der Waals surface area contributed by atoms with E-state index in [1.165, 1.54) is 25.2 Å². The first-order valence-corrected chi connectivity index (χ1v) is 18.0. The van der Waals surface area contributed by atoms with Gasteiger partial charge in [0.15, 0.2) is 0 Å². The first kappa shape index (κ1) is 37.1. The second-order valence-electron chi connectivity index (χ2n) is 12.3. The second kappa shape index (κ2) is 16.6. The molecule has 0 aliphatic carbocycles. The van der Waals surface area contributed by atoms with Gasteiger partial charge in [-0.2, -0.15) is 0 Å². The molecule has 0 saturated carbocycles. The number of hydrogen-bond donors (Lipinski definition) is 4. The lowest BCUT2D eigenvalue weighted by molar-refractivity contribution is 0.0825. The molecule has 4 N–H and O–H groups in total. The Morgan fingerprint density at radius 1 is 0.816 bits per heavy atom. The van der Waals surface area contributed by atoms with E-state index in [0.29, 0.717) is 12.2 Å². The lowest BCUT2D eigenvalue weighted by atomic mass is 9.99. The van der Waals surface area contributed by atoms with Gasteiger partial charge in [-0.05, 0) is 74.2 Å². The molecule has 0 unspecified atom stereocenters. The maximum atomic E-state index is 13.9. The van der Waals surface area contributed by atoms with E-state index in [1.807, 2.05) is 93.6 Å². The van der Waals surface area contributed by atoms with Crippen molar-refractivity contribution < 1.29 is 27.9 Å². The lowest BCUT2D eigenvalue weighted by Gasteiger charge is -2.27. The van der Waals surface area contributed by atoms with Crippen molar-refractivity contribution in [2.75, 3.05) is 31.3 Å². The predicted octanol–water partition coefficient (Wildman–Crippen LogP) is 4.94. The van der Waals surface area contributed by atoms with Crippen molar-refractivity contribution in [3.63, 3.8) is 0 Å². The zero-order chi connectivity index (χ0) is 35.7. The lowest BCUT2D eigenvalue weighted by Crippen LogP contribution is -2.49. The number of aryl methyl sites for hydroxylation is 1. The summed E-state index contributed by atoms with van der Waals surface area (Å²) >= 11 is 0. The van der Waals surface area contributed by atoms with E-state index in [9.17, 15) is 23.1 Å². The fourth-order valence-electron chi connectivity index (χ4n) is 5.34. The molecule has 0 saturated heterocycles. The third-order valence-electron chi connectivity index (χ3n) is 8.53. The van der Waals surface area contributed by atoms with Crippen LogP contribution >= 0.6 is 0 Å². The van der Waals surface area contributed by atoms with Gasteiger partial charge in [-0.25, -0.2) is 8.42 Å². The number of nitrogens with one attached hydrogen (secondary N) is 3. The topological polar surface area (TPSA) is 137 Å². The Hall–Kier alpha value is -4.71. The maximum absolute atomic E-state index is 13.9. The summed E-state index contributed by atoms with van der Waals surface area (Å²) in [6.45, 7) is 6.04. The van der Waals surface area contributed by atoms with Gasteiger partial charge in [0.05, 0.1) is 37.2 Å². The molecule has 49 heavy (non-hydrogen) atoms. The van der Waals surface area contributed by atoms with E-state index in [4.69, 9.17) is 4.74 Å². The summed E-state index contributed by atoms with van der Waals surface area (Å²) in [5.41, 5.74) is 4.25. The van der Waals surface area contributed by atoms with Crippen LogP contribution in [0, 0.1) is 6.92 Å². The van der Waals surface area contributed by atoms with Gasteiger partial charge < -0.3 is 25.8 Å². The number of sulfonamides is 1. The normalized spacial score (nSPS) is 13.9. The summed E-state index contributed by atoms with van der Waals surface area (Å²) < 4.78 is 31.3. The molecule has 10 nitrogen and oxygen atoms in total. The summed E-state index contributed by atoms with van der Waals surface area (Å²) in [4.78, 5) is 27.4. The first-order valence-electron chi connectivity index (χ1n) is 16.1. The minimum atomic E-state index is -3.72. The van der Waals surface area contributed by atoms with Crippen LogP contribution in [0.1, 0.15) is 68.9 Å². The zero-order valence-corrected chi connectivity index (χ0v) is 29.6. The Morgan fingerprint density at radius 3 is 2.06 bits per heavy atom. The van der Waals surface area contributed by atoms with Crippen LogP contribution < -0.4 is 25.0 Å². The molecule has 2 amide bonds. The molecule has 0 aromatic heterocycles. The smallest absolute Gasteiger partial charge is 0.251 e. The Labute approximate surface area is 289 Å². The Bertz CT molecular complexity index is 1830. The number of anilines is 1. The van der Waals surface area contributed by atoms with Crippen LogP contribution in [0.25, 0.3) is 0 Å². The van der Waals surface area contributed by atoms with Crippen molar-refractivity contribution in [3.05, 3.63) is 130 Å². The number of aliphatic hydroxyl groups is 1. The van der Waals surface area contributed by atoms with Gasteiger partial charge >= 0.3 is 0 Å². The summed E-state index contributed by atoms with van der Waals surface area (Å²) in [6.07, 6.45) is 0.398. The molecular formula is C38H46N4O6S. The fraction of sp³-hybridized carbons (Fsp3) is 0.316. The molecule has 4 atom stereocenters. The number of carbonyl (C=O) groups excluding carboxylic acids is 2. The number of aliphatic hydroxyl groups excluding tert-OH is 1. The Balaban J connectivity index is 1.60. The van der Waals surface area contributed by atoms with Gasteiger partial charge in [0.2, 0.25) is 10.0 Å². The van der Waals surface area contributed by atoms with E-state index in [0.717, 1.165) is 32.8 Å². The summed E-state index contributed by atoms with van der Waals surface area (Å²) in [7, 11) is -0.808. The molecule has 0 spiro atoms. The van der Waals surface area contributed by atoms with E-state index in [1.54, 1.807) is 13.2 Å². The second-order valence-corrected chi connectivity index (χ2v) is 14.4. The standard InChI is InChI=1S/C38H46N4O6S/c1-25-15-17-29(18-16-25)26(2)39-24-36(43)35(19-28-11-8-7-9-12-28)41-38(45)32-20-31(21-33(22-32)42(4)49(6,46)47)37(44)40-27(3)30-13-10-14-34(23-30)48-5/h7-18,20-23,26-27,35-36,39,43H,19,24H2,1-6H3,(H,40,44)(H,41,45)/t26-,27-,35+,36-/m1/s1. The van der Waals surface area contributed by atoms with Crippen LogP contribution in [0.15, 0.2) is 97.1 Å². The molecule has 11 heteroatoms. The van der Waals surface area contributed by atoms with Crippen LogP contribution in [0.2, 0.25) is 0 Å². The highest BCUT2D eigenvalue weighted by Gasteiger charge is 2.25. The van der Waals surface area contributed by atoms with Crippen LogP contribution in [-0.2, 0) is 16.4 Å². The van der Waals surface area contributed by atoms with Crippen LogP contribution in [0.4, 0.5) is 5.69 Å². The minimum Gasteiger partial charge on any atom is -0.497 e. The first-order chi connectivity index (χ1) is 23.2. The zero-order valence-electron chi connectivity index (χ0n) is 28.8. The number of amides is 2. The molecule has 4 rings (SSSR count). The number of nitrogens with zero attached hydrogens (tertiary/aromatic N) is 1. The van der Waals surface area contributed by atoms with Gasteiger partial charge in [-0.3, -0.25) is 13.9 Å². The molecule has 260 valence electrons. The number of benzene rings is 4. The molecule has 0 aliphatic heterocycles. The van der Waals surface area contributed by atoms with Crippen molar-refractivity contribution in [2.24, 2.45) is 0 Å². The fourth-order valence-corrected chi connectivity index (χ4v) is 5.82. The summed E-state index contributed by atoms with van der Waals surface area (Å²) in [5.74, 6) is -0.421. The van der Waals surface area contributed by atoms with Gasteiger partial charge in [-0.15, -0.1) is 0 Å². The van der Waals surface area contributed by atoms with E-state index in [2.05, 4.69) is 16.0 Å². The highest BCUT2D eigenvalue weighted by Crippen LogP contribution is 2.24.